The number of halogens is 1. The number of hydrogen-bond donors (Lipinski definition) is 1. The van der Waals surface area contributed by atoms with Gasteiger partial charge in [0.2, 0.25) is 0 Å². The summed E-state index contributed by atoms with van der Waals surface area (Å²) in [6, 6.07) is 8.08. The van der Waals surface area contributed by atoms with Gasteiger partial charge in [-0.3, -0.25) is 0 Å². The maximum absolute atomic E-state index is 6.04. The third kappa shape index (κ3) is 3.28. The summed E-state index contributed by atoms with van der Waals surface area (Å²) in [5, 5.41) is 6.34. The van der Waals surface area contributed by atoms with Gasteiger partial charge in [0.25, 0.3) is 0 Å². The van der Waals surface area contributed by atoms with E-state index in [1.807, 2.05) is 23.7 Å². The lowest BCUT2D eigenvalue weighted by molar-refractivity contribution is 0.589. The molecule has 1 atom stereocenters. The number of aromatic nitrogens is 1. The van der Waals surface area contributed by atoms with Gasteiger partial charge in [0, 0.05) is 10.4 Å². The van der Waals surface area contributed by atoms with E-state index in [2.05, 4.69) is 28.7 Å². The molecular weight excluding hydrogens is 252 g/mol. The summed E-state index contributed by atoms with van der Waals surface area (Å²) in [5.41, 5.74) is 4.09. The molecule has 17 heavy (non-hydrogen) atoms. The van der Waals surface area contributed by atoms with Crippen LogP contribution in [0.4, 0.5) is 0 Å². The Kier molecular flexibility index (Phi) is 4.54. The number of hydrogen-bond acceptors (Lipinski definition) is 3. The first-order valence-corrected chi connectivity index (χ1v) is 7.00. The van der Waals surface area contributed by atoms with Crippen LogP contribution >= 0.6 is 22.9 Å². The standard InChI is InChI=1S/C13H15ClN2S/c1-2-6-15-13(12-8-17-9-16-12)10-4-3-5-11(14)7-10/h3-5,7-9,13,15H,2,6H2,1H3. The largest absolute Gasteiger partial charge is 0.305 e. The molecular formula is C13H15ClN2S. The highest BCUT2D eigenvalue weighted by atomic mass is 35.5. The fraction of sp³-hybridized carbons (Fsp3) is 0.308. The van der Waals surface area contributed by atoms with Crippen molar-refractivity contribution in [2.45, 2.75) is 19.4 Å². The van der Waals surface area contributed by atoms with E-state index in [0.717, 1.165) is 29.2 Å². The molecule has 0 aliphatic heterocycles. The van der Waals surface area contributed by atoms with Gasteiger partial charge < -0.3 is 5.32 Å². The molecule has 4 heteroatoms. The van der Waals surface area contributed by atoms with Gasteiger partial charge in [-0.05, 0) is 30.7 Å². The Bertz CT molecular complexity index is 456. The molecule has 2 nitrogen and oxygen atoms in total. The number of nitrogens with zero attached hydrogens (tertiary/aromatic N) is 1. The van der Waals surface area contributed by atoms with E-state index in [1.165, 1.54) is 0 Å². The Morgan fingerprint density at radius 3 is 3.00 bits per heavy atom. The maximum Gasteiger partial charge on any atom is 0.0795 e. The molecule has 1 N–H and O–H groups in total. The third-order valence-corrected chi connectivity index (χ3v) is 3.37. The summed E-state index contributed by atoms with van der Waals surface area (Å²) in [6.07, 6.45) is 1.10. The lowest BCUT2D eigenvalue weighted by Crippen LogP contribution is -2.23. The molecule has 1 aromatic heterocycles. The van der Waals surface area contributed by atoms with Crippen LogP contribution in [-0.2, 0) is 0 Å². The van der Waals surface area contributed by atoms with Crippen LogP contribution < -0.4 is 5.32 Å². The van der Waals surface area contributed by atoms with E-state index < -0.39 is 0 Å². The van der Waals surface area contributed by atoms with Crippen LogP contribution in [0.5, 0.6) is 0 Å². The van der Waals surface area contributed by atoms with Crippen LogP contribution in [-0.4, -0.2) is 11.5 Å². The quantitative estimate of drug-likeness (QED) is 0.888. The second-order valence-corrected chi connectivity index (χ2v) is 5.01. The monoisotopic (exact) mass is 266 g/mol. The first-order valence-electron chi connectivity index (χ1n) is 5.68. The normalized spacial score (nSPS) is 12.6. The van der Waals surface area contributed by atoms with Gasteiger partial charge in [0.15, 0.2) is 0 Å². The smallest absolute Gasteiger partial charge is 0.0795 e. The van der Waals surface area contributed by atoms with Crippen LogP contribution in [0, 0.1) is 0 Å². The minimum absolute atomic E-state index is 0.139. The molecule has 0 amide bonds. The van der Waals surface area contributed by atoms with Gasteiger partial charge >= 0.3 is 0 Å². The Morgan fingerprint density at radius 1 is 1.47 bits per heavy atom. The molecule has 2 rings (SSSR count). The van der Waals surface area contributed by atoms with Crippen LogP contribution in [0.1, 0.15) is 30.6 Å². The lowest BCUT2D eigenvalue weighted by Gasteiger charge is -2.17. The Balaban J connectivity index is 2.27. The highest BCUT2D eigenvalue weighted by Gasteiger charge is 2.15. The van der Waals surface area contributed by atoms with Gasteiger partial charge in [-0.15, -0.1) is 11.3 Å². The molecule has 0 aliphatic rings. The Labute approximate surface area is 111 Å². The van der Waals surface area contributed by atoms with Gasteiger partial charge in [-0.2, -0.15) is 0 Å². The Morgan fingerprint density at radius 2 is 2.35 bits per heavy atom. The minimum Gasteiger partial charge on any atom is -0.305 e. The Hall–Kier alpha value is -0.900. The van der Waals surface area contributed by atoms with Gasteiger partial charge in [0.1, 0.15) is 0 Å². The molecule has 0 saturated carbocycles. The number of benzene rings is 1. The molecule has 0 bridgehead atoms. The maximum atomic E-state index is 6.04. The fourth-order valence-corrected chi connectivity index (χ4v) is 2.51. The number of nitrogens with one attached hydrogen (secondary N) is 1. The molecule has 1 unspecified atom stereocenters. The second-order valence-electron chi connectivity index (χ2n) is 3.86. The zero-order valence-electron chi connectivity index (χ0n) is 9.69. The highest BCUT2D eigenvalue weighted by molar-refractivity contribution is 7.07. The molecule has 0 fully saturated rings. The van der Waals surface area contributed by atoms with Crippen molar-refractivity contribution in [1.29, 1.82) is 0 Å². The first kappa shape index (κ1) is 12.6. The molecule has 0 radical (unpaired) electrons. The molecule has 1 aromatic carbocycles. The average molecular weight is 267 g/mol. The molecule has 0 spiro atoms. The van der Waals surface area contributed by atoms with Crippen LogP contribution in [0.2, 0.25) is 5.02 Å². The van der Waals surface area contributed by atoms with Gasteiger partial charge in [0.05, 0.1) is 17.2 Å². The topological polar surface area (TPSA) is 24.9 Å². The fourth-order valence-electron chi connectivity index (χ4n) is 1.73. The van der Waals surface area contributed by atoms with E-state index in [-0.39, 0.29) is 6.04 Å². The van der Waals surface area contributed by atoms with E-state index in [4.69, 9.17) is 11.6 Å². The number of thiazole rings is 1. The van der Waals surface area contributed by atoms with E-state index >= 15 is 0 Å². The average Bonchev–Trinajstić information content (AvgIpc) is 2.83. The van der Waals surface area contributed by atoms with Crippen molar-refractivity contribution >= 4 is 22.9 Å². The highest BCUT2D eigenvalue weighted by Crippen LogP contribution is 2.24. The summed E-state index contributed by atoms with van der Waals surface area (Å²) in [7, 11) is 0. The van der Waals surface area contributed by atoms with Crippen molar-refractivity contribution in [2.24, 2.45) is 0 Å². The van der Waals surface area contributed by atoms with Crippen molar-refractivity contribution in [3.8, 4) is 0 Å². The van der Waals surface area contributed by atoms with Crippen molar-refractivity contribution in [1.82, 2.24) is 10.3 Å². The van der Waals surface area contributed by atoms with Crippen LogP contribution in [0.25, 0.3) is 0 Å². The molecule has 0 aliphatic carbocycles. The van der Waals surface area contributed by atoms with Crippen LogP contribution in [0.3, 0.4) is 0 Å². The molecule has 90 valence electrons. The molecule has 2 aromatic rings. The lowest BCUT2D eigenvalue weighted by atomic mass is 10.0. The summed E-state index contributed by atoms with van der Waals surface area (Å²) in [6.45, 7) is 3.12. The summed E-state index contributed by atoms with van der Waals surface area (Å²) >= 11 is 7.65. The minimum atomic E-state index is 0.139. The summed E-state index contributed by atoms with van der Waals surface area (Å²) in [5.74, 6) is 0. The first-order chi connectivity index (χ1) is 8.31. The van der Waals surface area contributed by atoms with E-state index in [9.17, 15) is 0 Å². The van der Waals surface area contributed by atoms with Gasteiger partial charge in [-0.25, -0.2) is 4.98 Å². The van der Waals surface area contributed by atoms with E-state index in [0.29, 0.717) is 0 Å². The predicted octanol–water partition coefficient (Wildman–Crippen LogP) is 3.89. The van der Waals surface area contributed by atoms with Crippen molar-refractivity contribution in [2.75, 3.05) is 6.54 Å². The molecule has 1 heterocycles. The van der Waals surface area contributed by atoms with Crippen molar-refractivity contribution < 1.29 is 0 Å². The summed E-state index contributed by atoms with van der Waals surface area (Å²) < 4.78 is 0. The predicted molar refractivity (Wildman–Crippen MR) is 73.7 cm³/mol. The van der Waals surface area contributed by atoms with Crippen molar-refractivity contribution in [3.63, 3.8) is 0 Å². The zero-order chi connectivity index (χ0) is 12.1. The number of rotatable bonds is 5. The summed E-state index contributed by atoms with van der Waals surface area (Å²) in [4.78, 5) is 4.39. The zero-order valence-corrected chi connectivity index (χ0v) is 11.3. The third-order valence-electron chi connectivity index (χ3n) is 2.53. The molecule has 0 saturated heterocycles. The SMILES string of the molecule is CCCNC(c1cccc(Cl)c1)c1cscn1. The van der Waals surface area contributed by atoms with Crippen LogP contribution in [0.15, 0.2) is 35.2 Å². The van der Waals surface area contributed by atoms with Crippen molar-refractivity contribution in [3.05, 3.63) is 51.4 Å². The van der Waals surface area contributed by atoms with E-state index in [1.54, 1.807) is 11.3 Å². The second kappa shape index (κ2) is 6.15. The van der Waals surface area contributed by atoms with Gasteiger partial charge in [-0.1, -0.05) is 30.7 Å².